The molecule has 13 heavy (non-hydrogen) atoms. The maximum absolute atomic E-state index is 11.1. The van der Waals surface area contributed by atoms with E-state index in [1.807, 2.05) is 6.92 Å². The molecule has 0 atom stereocenters. The highest BCUT2D eigenvalue weighted by atomic mass is 32.2. The van der Waals surface area contributed by atoms with Gasteiger partial charge in [0.05, 0.1) is 11.9 Å². The van der Waals surface area contributed by atoms with E-state index in [9.17, 15) is 8.42 Å². The summed E-state index contributed by atoms with van der Waals surface area (Å²) in [6.45, 7) is 3.76. The van der Waals surface area contributed by atoms with E-state index in [4.69, 9.17) is 0 Å². The summed E-state index contributed by atoms with van der Waals surface area (Å²) in [7, 11) is -3.10. The molecule has 74 valence electrons. The molecule has 1 aromatic rings. The zero-order valence-corrected chi connectivity index (χ0v) is 8.48. The van der Waals surface area contributed by atoms with E-state index in [1.54, 1.807) is 13.1 Å². The number of aromatic nitrogens is 2. The molecule has 0 amide bonds. The molecule has 2 N–H and O–H groups in total. The van der Waals surface area contributed by atoms with Gasteiger partial charge in [-0.05, 0) is 13.8 Å². The third-order valence-electron chi connectivity index (χ3n) is 1.80. The second-order valence-corrected chi connectivity index (χ2v) is 4.84. The summed E-state index contributed by atoms with van der Waals surface area (Å²) in [6, 6.07) is 0. The van der Waals surface area contributed by atoms with Crippen molar-refractivity contribution in [3.8, 4) is 0 Å². The molecule has 0 aromatic carbocycles. The number of sulfonamides is 1. The van der Waals surface area contributed by atoms with Crippen molar-refractivity contribution in [1.82, 2.24) is 14.9 Å². The highest BCUT2D eigenvalue weighted by Gasteiger charge is 2.07. The standard InChI is InChI=1S/C7H13N3O2S/c1-3-13(11,12)9-5-7-4-8-10-6(7)2/h4,9H,3,5H2,1-2H3,(H,8,10). The number of hydrogen-bond donors (Lipinski definition) is 2. The lowest BCUT2D eigenvalue weighted by molar-refractivity contribution is 0.582. The van der Waals surface area contributed by atoms with Gasteiger partial charge >= 0.3 is 0 Å². The molecule has 0 radical (unpaired) electrons. The highest BCUT2D eigenvalue weighted by molar-refractivity contribution is 7.89. The Hall–Kier alpha value is -0.880. The van der Waals surface area contributed by atoms with E-state index in [0.717, 1.165) is 11.3 Å². The summed E-state index contributed by atoms with van der Waals surface area (Å²) in [6.07, 6.45) is 1.62. The maximum atomic E-state index is 11.1. The lowest BCUT2D eigenvalue weighted by Crippen LogP contribution is -2.24. The number of aromatic amines is 1. The Morgan fingerprint density at radius 2 is 2.31 bits per heavy atom. The van der Waals surface area contributed by atoms with Crippen LogP contribution in [0.15, 0.2) is 6.20 Å². The smallest absolute Gasteiger partial charge is 0.211 e. The van der Waals surface area contributed by atoms with Crippen LogP contribution in [-0.4, -0.2) is 24.4 Å². The van der Waals surface area contributed by atoms with E-state index >= 15 is 0 Å². The van der Waals surface area contributed by atoms with Gasteiger partial charge in [-0.15, -0.1) is 0 Å². The average Bonchev–Trinajstić information content (AvgIpc) is 2.48. The van der Waals surface area contributed by atoms with Crippen LogP contribution in [0.5, 0.6) is 0 Å². The Bertz CT molecular complexity index is 369. The summed E-state index contributed by atoms with van der Waals surface area (Å²) in [4.78, 5) is 0. The quantitative estimate of drug-likeness (QED) is 0.731. The number of rotatable bonds is 4. The topological polar surface area (TPSA) is 74.8 Å². The van der Waals surface area contributed by atoms with Crippen molar-refractivity contribution in [3.05, 3.63) is 17.5 Å². The summed E-state index contributed by atoms with van der Waals surface area (Å²) < 4.78 is 24.6. The van der Waals surface area contributed by atoms with Crippen molar-refractivity contribution in [3.63, 3.8) is 0 Å². The van der Waals surface area contributed by atoms with Gasteiger partial charge in [-0.1, -0.05) is 0 Å². The first-order valence-corrected chi connectivity index (χ1v) is 5.66. The molecule has 0 saturated carbocycles. The van der Waals surface area contributed by atoms with Crippen LogP contribution in [-0.2, 0) is 16.6 Å². The fraction of sp³-hybridized carbons (Fsp3) is 0.571. The first-order valence-electron chi connectivity index (χ1n) is 4.01. The van der Waals surface area contributed by atoms with Gasteiger partial charge in [-0.3, -0.25) is 5.10 Å². The monoisotopic (exact) mass is 203 g/mol. The molecular weight excluding hydrogens is 190 g/mol. The Morgan fingerprint density at radius 1 is 1.62 bits per heavy atom. The summed E-state index contributed by atoms with van der Waals surface area (Å²) >= 11 is 0. The molecule has 5 nitrogen and oxygen atoms in total. The average molecular weight is 203 g/mol. The van der Waals surface area contributed by atoms with E-state index in [-0.39, 0.29) is 5.75 Å². The fourth-order valence-corrected chi connectivity index (χ4v) is 1.42. The number of H-pyrrole nitrogens is 1. The third kappa shape index (κ3) is 2.82. The Kier molecular flexibility index (Phi) is 3.05. The zero-order valence-electron chi connectivity index (χ0n) is 7.66. The van der Waals surface area contributed by atoms with Crippen LogP contribution in [0, 0.1) is 6.92 Å². The van der Waals surface area contributed by atoms with Crippen LogP contribution < -0.4 is 4.72 Å². The zero-order chi connectivity index (χ0) is 9.90. The SMILES string of the molecule is CCS(=O)(=O)NCc1cn[nH]c1C. The molecule has 0 unspecified atom stereocenters. The third-order valence-corrected chi connectivity index (χ3v) is 3.14. The minimum atomic E-state index is -3.10. The van der Waals surface area contributed by atoms with Crippen molar-refractivity contribution in [1.29, 1.82) is 0 Å². The van der Waals surface area contributed by atoms with Crippen LogP contribution in [0.3, 0.4) is 0 Å². The number of aryl methyl sites for hydroxylation is 1. The minimum Gasteiger partial charge on any atom is -0.283 e. The fourth-order valence-electron chi connectivity index (χ4n) is 0.844. The van der Waals surface area contributed by atoms with Gasteiger partial charge in [0.25, 0.3) is 0 Å². The first kappa shape index (κ1) is 10.2. The van der Waals surface area contributed by atoms with E-state index < -0.39 is 10.0 Å². The van der Waals surface area contributed by atoms with Crippen molar-refractivity contribution in [2.24, 2.45) is 0 Å². The largest absolute Gasteiger partial charge is 0.283 e. The number of nitrogens with one attached hydrogen (secondary N) is 2. The van der Waals surface area contributed by atoms with Gasteiger partial charge in [0.1, 0.15) is 0 Å². The molecule has 1 aromatic heterocycles. The number of nitrogens with zero attached hydrogens (tertiary/aromatic N) is 1. The van der Waals surface area contributed by atoms with Gasteiger partial charge in [-0.25, -0.2) is 13.1 Å². The summed E-state index contributed by atoms with van der Waals surface area (Å²) in [5, 5.41) is 6.53. The molecule has 0 fully saturated rings. The normalized spacial score (nSPS) is 11.8. The summed E-state index contributed by atoms with van der Waals surface area (Å²) in [5.74, 6) is 0.101. The lowest BCUT2D eigenvalue weighted by atomic mass is 10.3. The maximum Gasteiger partial charge on any atom is 0.211 e. The Labute approximate surface area is 77.6 Å². The first-order chi connectivity index (χ1) is 6.05. The molecule has 0 bridgehead atoms. The van der Waals surface area contributed by atoms with Crippen molar-refractivity contribution in [2.45, 2.75) is 20.4 Å². The minimum absolute atomic E-state index is 0.101. The van der Waals surface area contributed by atoms with Gasteiger partial charge in [-0.2, -0.15) is 5.10 Å². The van der Waals surface area contributed by atoms with Gasteiger partial charge in [0, 0.05) is 17.8 Å². The van der Waals surface area contributed by atoms with Crippen LogP contribution in [0.2, 0.25) is 0 Å². The predicted octanol–water partition coefficient (Wildman–Crippen LogP) is 0.157. The van der Waals surface area contributed by atoms with Crippen LogP contribution in [0.4, 0.5) is 0 Å². The van der Waals surface area contributed by atoms with Gasteiger partial charge in [0.2, 0.25) is 10.0 Å². The second kappa shape index (κ2) is 3.89. The van der Waals surface area contributed by atoms with E-state index in [0.29, 0.717) is 6.54 Å². The van der Waals surface area contributed by atoms with Crippen molar-refractivity contribution in [2.75, 3.05) is 5.75 Å². The Balaban J connectivity index is 2.58. The molecule has 0 aliphatic carbocycles. The molecular formula is C7H13N3O2S. The molecule has 0 aliphatic heterocycles. The molecule has 0 aliphatic rings. The van der Waals surface area contributed by atoms with Crippen LogP contribution >= 0.6 is 0 Å². The van der Waals surface area contributed by atoms with Crippen molar-refractivity contribution < 1.29 is 8.42 Å². The van der Waals surface area contributed by atoms with Crippen molar-refractivity contribution >= 4 is 10.0 Å². The number of hydrogen-bond acceptors (Lipinski definition) is 3. The summed E-state index contributed by atoms with van der Waals surface area (Å²) in [5.41, 5.74) is 1.76. The molecule has 0 spiro atoms. The lowest BCUT2D eigenvalue weighted by Gasteiger charge is -2.02. The second-order valence-electron chi connectivity index (χ2n) is 2.74. The van der Waals surface area contributed by atoms with Crippen LogP contribution in [0.1, 0.15) is 18.2 Å². The van der Waals surface area contributed by atoms with E-state index in [1.165, 1.54) is 0 Å². The van der Waals surface area contributed by atoms with Gasteiger partial charge < -0.3 is 0 Å². The van der Waals surface area contributed by atoms with Crippen LogP contribution in [0.25, 0.3) is 0 Å². The highest BCUT2D eigenvalue weighted by Crippen LogP contribution is 2.01. The molecule has 6 heteroatoms. The van der Waals surface area contributed by atoms with Gasteiger partial charge in [0.15, 0.2) is 0 Å². The Morgan fingerprint density at radius 3 is 2.77 bits per heavy atom. The molecule has 1 rings (SSSR count). The predicted molar refractivity (Wildman–Crippen MR) is 49.6 cm³/mol. The molecule has 0 saturated heterocycles. The van der Waals surface area contributed by atoms with E-state index in [2.05, 4.69) is 14.9 Å². The molecule has 1 heterocycles.